The predicted octanol–water partition coefficient (Wildman–Crippen LogP) is 4.49. The molecule has 5 heteroatoms. The summed E-state index contributed by atoms with van der Waals surface area (Å²) in [5.41, 5.74) is 0.751. The molecular weight excluding hydrogens is 318 g/mol. The highest BCUT2D eigenvalue weighted by Crippen LogP contribution is 2.24. The van der Waals surface area contributed by atoms with Crippen molar-refractivity contribution in [1.29, 1.82) is 5.26 Å². The summed E-state index contributed by atoms with van der Waals surface area (Å²) in [6.07, 6.45) is -0.428. The Kier molecular flexibility index (Phi) is 5.37. The molecule has 1 N–H and O–H groups in total. The molecule has 0 heterocycles. The van der Waals surface area contributed by atoms with Crippen LogP contribution in [0.1, 0.15) is 18.4 Å². The molecule has 2 aromatic carbocycles. The maximum Gasteiger partial charge on any atom is 0.129 e. The molecule has 2 rings (SSSR count). The van der Waals surface area contributed by atoms with Gasteiger partial charge in [0, 0.05) is 5.02 Å². The Hall–Kier alpha value is -2.09. The Balaban J connectivity index is 2.14. The molecule has 0 aliphatic heterocycles. The third-order valence-corrected chi connectivity index (χ3v) is 3.95. The van der Waals surface area contributed by atoms with Crippen LogP contribution >= 0.6 is 23.8 Å². The van der Waals surface area contributed by atoms with Crippen LogP contribution in [-0.4, -0.2) is 16.1 Å². The zero-order chi connectivity index (χ0) is 16.1. The number of aromatic hydroxyl groups is 1. The van der Waals surface area contributed by atoms with Crippen molar-refractivity contribution in [1.82, 2.24) is 0 Å². The number of nitrogens with zero attached hydrogens (tertiary/aromatic N) is 1. The van der Waals surface area contributed by atoms with Gasteiger partial charge in [-0.05, 0) is 48.9 Å². The fraction of sp³-hybridized carbons (Fsp3) is 0.176. The number of benzene rings is 2. The van der Waals surface area contributed by atoms with Gasteiger partial charge in [0.15, 0.2) is 0 Å². The molecule has 22 heavy (non-hydrogen) atoms. The molecule has 0 spiro atoms. The second kappa shape index (κ2) is 7.26. The largest absolute Gasteiger partial charge is 0.508 e. The van der Waals surface area contributed by atoms with Crippen LogP contribution in [0.5, 0.6) is 11.5 Å². The van der Waals surface area contributed by atoms with E-state index in [1.807, 2.05) is 6.07 Å². The second-order valence-electron chi connectivity index (χ2n) is 4.77. The number of hydrogen-bond donors (Lipinski definition) is 1. The highest BCUT2D eigenvalue weighted by molar-refractivity contribution is 7.80. The van der Waals surface area contributed by atoms with Crippen LogP contribution in [-0.2, 0) is 0 Å². The normalized spacial score (nSPS) is 13.0. The summed E-state index contributed by atoms with van der Waals surface area (Å²) in [5, 5.41) is 19.2. The molecule has 0 bridgehead atoms. The average Bonchev–Trinajstić information content (AvgIpc) is 2.50. The lowest BCUT2D eigenvalue weighted by molar-refractivity contribution is 0.286. The molecule has 0 radical (unpaired) electrons. The molecule has 0 saturated carbocycles. The van der Waals surface area contributed by atoms with Gasteiger partial charge in [-0.25, -0.2) is 0 Å². The van der Waals surface area contributed by atoms with Crippen LogP contribution in [0.15, 0.2) is 48.5 Å². The van der Waals surface area contributed by atoms with E-state index in [4.69, 9.17) is 28.6 Å². The minimum absolute atomic E-state index is 0.163. The number of hydrogen-bond acceptors (Lipinski definition) is 4. The first-order chi connectivity index (χ1) is 10.5. The molecule has 0 amide bonds. The lowest BCUT2D eigenvalue weighted by Gasteiger charge is -2.19. The molecule has 2 atom stereocenters. The Morgan fingerprint density at radius 3 is 2.55 bits per heavy atom. The van der Waals surface area contributed by atoms with E-state index in [1.165, 1.54) is 12.1 Å². The Labute approximate surface area is 139 Å². The van der Waals surface area contributed by atoms with Crippen LogP contribution in [0.3, 0.4) is 0 Å². The Morgan fingerprint density at radius 2 is 1.95 bits per heavy atom. The van der Waals surface area contributed by atoms with Crippen LogP contribution in [0.2, 0.25) is 5.02 Å². The van der Waals surface area contributed by atoms with Gasteiger partial charge in [-0.15, -0.1) is 0 Å². The SMILES string of the molecule is CC(Oc1ccc(O)cc1)C(=S)C(C#N)c1cccc(Cl)c1. The number of nitriles is 1. The van der Waals surface area contributed by atoms with Gasteiger partial charge in [0.2, 0.25) is 0 Å². The fourth-order valence-electron chi connectivity index (χ4n) is 2.01. The number of halogens is 1. The Bertz CT molecular complexity index is 709. The number of ether oxygens (including phenoxy) is 1. The number of phenolic OH excluding ortho intramolecular Hbond substituents is 1. The molecule has 0 saturated heterocycles. The summed E-state index contributed by atoms with van der Waals surface area (Å²) < 4.78 is 5.73. The predicted molar refractivity (Wildman–Crippen MR) is 90.6 cm³/mol. The van der Waals surface area contributed by atoms with Gasteiger partial charge in [-0.3, -0.25) is 0 Å². The average molecular weight is 332 g/mol. The lowest BCUT2D eigenvalue weighted by atomic mass is 9.94. The third kappa shape index (κ3) is 3.97. The zero-order valence-electron chi connectivity index (χ0n) is 11.9. The molecule has 0 aromatic heterocycles. The van der Waals surface area contributed by atoms with Crippen molar-refractivity contribution in [2.24, 2.45) is 0 Å². The molecule has 3 nitrogen and oxygen atoms in total. The molecule has 0 aliphatic rings. The smallest absolute Gasteiger partial charge is 0.129 e. The van der Waals surface area contributed by atoms with Crippen molar-refractivity contribution in [3.8, 4) is 17.6 Å². The second-order valence-corrected chi connectivity index (χ2v) is 5.68. The van der Waals surface area contributed by atoms with Crippen molar-refractivity contribution in [3.63, 3.8) is 0 Å². The molecule has 0 fully saturated rings. The first kappa shape index (κ1) is 16.3. The minimum atomic E-state index is -0.569. The maximum atomic E-state index is 9.42. The van der Waals surface area contributed by atoms with Gasteiger partial charge in [0.1, 0.15) is 23.5 Å². The van der Waals surface area contributed by atoms with Gasteiger partial charge >= 0.3 is 0 Å². The fourth-order valence-corrected chi connectivity index (χ4v) is 2.45. The third-order valence-electron chi connectivity index (χ3n) is 3.15. The van der Waals surface area contributed by atoms with E-state index in [1.54, 1.807) is 37.3 Å². The first-order valence-electron chi connectivity index (χ1n) is 6.65. The lowest BCUT2D eigenvalue weighted by Crippen LogP contribution is -2.27. The maximum absolute atomic E-state index is 9.42. The number of rotatable bonds is 5. The van der Waals surface area contributed by atoms with Crippen molar-refractivity contribution in [3.05, 3.63) is 59.1 Å². The van der Waals surface area contributed by atoms with E-state index in [9.17, 15) is 10.4 Å². The van der Waals surface area contributed by atoms with E-state index < -0.39 is 12.0 Å². The van der Waals surface area contributed by atoms with Crippen molar-refractivity contribution in [2.75, 3.05) is 0 Å². The summed E-state index contributed by atoms with van der Waals surface area (Å²) in [5.74, 6) is 0.174. The van der Waals surface area contributed by atoms with Crippen LogP contribution in [0.4, 0.5) is 0 Å². The van der Waals surface area contributed by atoms with Gasteiger partial charge in [0.25, 0.3) is 0 Å². The minimum Gasteiger partial charge on any atom is -0.508 e. The first-order valence-corrected chi connectivity index (χ1v) is 7.44. The van der Waals surface area contributed by atoms with Crippen LogP contribution in [0.25, 0.3) is 0 Å². The summed E-state index contributed by atoms with van der Waals surface area (Å²) in [6.45, 7) is 1.80. The summed E-state index contributed by atoms with van der Waals surface area (Å²) >= 11 is 11.4. The topological polar surface area (TPSA) is 53.2 Å². The number of thiocarbonyl (C=S) groups is 1. The molecule has 112 valence electrons. The van der Waals surface area contributed by atoms with E-state index in [2.05, 4.69) is 6.07 Å². The van der Waals surface area contributed by atoms with E-state index in [0.717, 1.165) is 5.56 Å². The van der Waals surface area contributed by atoms with E-state index >= 15 is 0 Å². The molecular formula is C17H14ClNO2S. The van der Waals surface area contributed by atoms with Gasteiger partial charge in [-0.2, -0.15) is 5.26 Å². The van der Waals surface area contributed by atoms with Crippen molar-refractivity contribution < 1.29 is 9.84 Å². The summed E-state index contributed by atoms with van der Waals surface area (Å²) in [4.78, 5) is 0.484. The highest BCUT2D eigenvalue weighted by Gasteiger charge is 2.23. The van der Waals surface area contributed by atoms with Gasteiger partial charge in [-0.1, -0.05) is 36.0 Å². The Morgan fingerprint density at radius 1 is 1.27 bits per heavy atom. The zero-order valence-corrected chi connectivity index (χ0v) is 13.4. The molecule has 0 aliphatic carbocycles. The van der Waals surface area contributed by atoms with Crippen molar-refractivity contribution >= 4 is 28.7 Å². The van der Waals surface area contributed by atoms with Crippen LogP contribution < -0.4 is 4.74 Å². The van der Waals surface area contributed by atoms with E-state index in [-0.39, 0.29) is 5.75 Å². The van der Waals surface area contributed by atoms with Gasteiger partial charge in [0.05, 0.1) is 10.9 Å². The number of phenols is 1. The molecule has 2 unspecified atom stereocenters. The van der Waals surface area contributed by atoms with Crippen LogP contribution in [0, 0.1) is 11.3 Å². The summed E-state index contributed by atoms with van der Waals surface area (Å²) in [6, 6.07) is 15.6. The highest BCUT2D eigenvalue weighted by atomic mass is 35.5. The monoisotopic (exact) mass is 331 g/mol. The standard InChI is InChI=1S/C17H14ClNO2S/c1-11(21-15-7-5-14(20)6-8-15)17(22)16(10-19)12-3-2-4-13(18)9-12/h2-9,11,16,20H,1H3. The quantitative estimate of drug-likeness (QED) is 0.820. The van der Waals surface area contributed by atoms with Gasteiger partial charge < -0.3 is 9.84 Å². The summed E-state index contributed by atoms with van der Waals surface area (Å²) in [7, 11) is 0. The van der Waals surface area contributed by atoms with Crippen molar-refractivity contribution in [2.45, 2.75) is 18.9 Å². The molecule has 2 aromatic rings. The van der Waals surface area contributed by atoms with E-state index in [0.29, 0.717) is 15.6 Å².